The number of ether oxygens (including phenoxy) is 2. The van der Waals surface area contributed by atoms with E-state index in [1.54, 1.807) is 0 Å². The van der Waals surface area contributed by atoms with Crippen molar-refractivity contribution < 1.29 is 14.3 Å². The van der Waals surface area contributed by atoms with Crippen molar-refractivity contribution >= 4 is 5.91 Å². The summed E-state index contributed by atoms with van der Waals surface area (Å²) in [7, 11) is 0. The van der Waals surface area contributed by atoms with Gasteiger partial charge in [-0.3, -0.25) is 4.79 Å². The predicted octanol–water partition coefficient (Wildman–Crippen LogP) is 0.801. The summed E-state index contributed by atoms with van der Waals surface area (Å²) in [5.74, 6) is -0.235. The second-order valence-corrected chi connectivity index (χ2v) is 5.12. The van der Waals surface area contributed by atoms with Crippen LogP contribution in [0.2, 0.25) is 0 Å². The summed E-state index contributed by atoms with van der Waals surface area (Å²) in [6.45, 7) is 5.84. The Kier molecular flexibility index (Phi) is 6.05. The fourth-order valence-corrected chi connectivity index (χ4v) is 2.57. The minimum Gasteiger partial charge on any atom is -0.379 e. The van der Waals surface area contributed by atoms with Crippen LogP contribution in [-0.4, -0.2) is 37.4 Å². The molecule has 1 aliphatic rings. The Morgan fingerprint density at radius 3 is 2.89 bits per heavy atom. The number of primary amides is 1. The van der Waals surface area contributed by atoms with Crippen LogP contribution in [0.25, 0.3) is 0 Å². The Labute approximate surface area is 109 Å². The molecule has 0 spiro atoms. The van der Waals surface area contributed by atoms with Crippen LogP contribution in [0.3, 0.4) is 0 Å². The molecule has 1 amide bonds. The van der Waals surface area contributed by atoms with E-state index in [-0.39, 0.29) is 17.9 Å². The minimum atomic E-state index is -0.827. The quantitative estimate of drug-likeness (QED) is 0.674. The van der Waals surface area contributed by atoms with Crippen molar-refractivity contribution in [2.24, 2.45) is 17.4 Å². The minimum absolute atomic E-state index is 0.0760. The number of amides is 1. The summed E-state index contributed by atoms with van der Waals surface area (Å²) in [5.41, 5.74) is 10.7. The van der Waals surface area contributed by atoms with Crippen LogP contribution in [-0.2, 0) is 14.3 Å². The lowest BCUT2D eigenvalue weighted by Crippen LogP contribution is -2.54. The summed E-state index contributed by atoms with van der Waals surface area (Å²) in [6, 6.07) is 0. The molecule has 18 heavy (non-hydrogen) atoms. The molecule has 1 rings (SSSR count). The van der Waals surface area contributed by atoms with Gasteiger partial charge >= 0.3 is 0 Å². The van der Waals surface area contributed by atoms with Crippen molar-refractivity contribution in [2.45, 2.75) is 51.2 Å². The Balaban J connectivity index is 2.28. The van der Waals surface area contributed by atoms with Gasteiger partial charge in [0.05, 0.1) is 18.2 Å². The van der Waals surface area contributed by atoms with Crippen molar-refractivity contribution in [3.05, 3.63) is 0 Å². The standard InChI is InChI=1S/C13H26N2O3/c1-3-17-9-10(2)18-8-6-11-5-4-7-13(11,15)12(14)16/h10-11H,3-9,15H2,1-2H3,(H2,14,16). The van der Waals surface area contributed by atoms with Gasteiger partial charge in [-0.1, -0.05) is 6.42 Å². The van der Waals surface area contributed by atoms with E-state index in [1.807, 2.05) is 13.8 Å². The second kappa shape index (κ2) is 7.07. The summed E-state index contributed by atoms with van der Waals surface area (Å²) in [6.07, 6.45) is 3.49. The molecule has 0 radical (unpaired) electrons. The van der Waals surface area contributed by atoms with Crippen molar-refractivity contribution in [3.8, 4) is 0 Å². The Morgan fingerprint density at radius 1 is 1.56 bits per heavy atom. The molecular formula is C13H26N2O3. The molecule has 1 aliphatic carbocycles. The van der Waals surface area contributed by atoms with E-state index < -0.39 is 5.54 Å². The molecule has 1 saturated carbocycles. The molecule has 106 valence electrons. The Bertz CT molecular complexity index is 273. The van der Waals surface area contributed by atoms with Gasteiger partial charge < -0.3 is 20.9 Å². The summed E-state index contributed by atoms with van der Waals surface area (Å²) in [4.78, 5) is 11.4. The smallest absolute Gasteiger partial charge is 0.237 e. The number of hydrogen-bond acceptors (Lipinski definition) is 4. The van der Waals surface area contributed by atoms with Gasteiger partial charge in [-0.15, -0.1) is 0 Å². The zero-order chi connectivity index (χ0) is 13.6. The third-order valence-electron chi connectivity index (χ3n) is 3.76. The Morgan fingerprint density at radius 2 is 2.28 bits per heavy atom. The highest BCUT2D eigenvalue weighted by atomic mass is 16.5. The SMILES string of the molecule is CCOCC(C)OCCC1CCCC1(N)C(N)=O. The highest BCUT2D eigenvalue weighted by Crippen LogP contribution is 2.35. The first-order valence-corrected chi connectivity index (χ1v) is 6.78. The fraction of sp³-hybridized carbons (Fsp3) is 0.923. The maximum Gasteiger partial charge on any atom is 0.237 e. The van der Waals surface area contributed by atoms with Crippen LogP contribution in [0, 0.1) is 5.92 Å². The van der Waals surface area contributed by atoms with Crippen molar-refractivity contribution in [2.75, 3.05) is 19.8 Å². The molecule has 0 bridgehead atoms. The van der Waals surface area contributed by atoms with E-state index >= 15 is 0 Å². The number of nitrogens with two attached hydrogens (primary N) is 2. The van der Waals surface area contributed by atoms with Crippen molar-refractivity contribution in [1.29, 1.82) is 0 Å². The summed E-state index contributed by atoms with van der Waals surface area (Å²) >= 11 is 0. The third kappa shape index (κ3) is 3.93. The molecule has 0 aromatic heterocycles. The van der Waals surface area contributed by atoms with E-state index in [4.69, 9.17) is 20.9 Å². The first-order valence-electron chi connectivity index (χ1n) is 6.78. The first kappa shape index (κ1) is 15.4. The molecule has 1 fully saturated rings. The summed E-state index contributed by atoms with van der Waals surface area (Å²) < 4.78 is 10.9. The predicted molar refractivity (Wildman–Crippen MR) is 70.0 cm³/mol. The zero-order valence-corrected chi connectivity index (χ0v) is 11.5. The molecule has 0 aliphatic heterocycles. The molecule has 0 heterocycles. The highest BCUT2D eigenvalue weighted by molar-refractivity contribution is 5.85. The number of hydrogen-bond donors (Lipinski definition) is 2. The van der Waals surface area contributed by atoms with Crippen LogP contribution >= 0.6 is 0 Å². The molecule has 4 N–H and O–H groups in total. The average Bonchev–Trinajstić information content (AvgIpc) is 2.70. The fourth-order valence-electron chi connectivity index (χ4n) is 2.57. The maximum atomic E-state index is 11.4. The van der Waals surface area contributed by atoms with Crippen LogP contribution < -0.4 is 11.5 Å². The van der Waals surface area contributed by atoms with E-state index in [1.165, 1.54) is 0 Å². The third-order valence-corrected chi connectivity index (χ3v) is 3.76. The molecule has 0 aromatic carbocycles. The second-order valence-electron chi connectivity index (χ2n) is 5.12. The van der Waals surface area contributed by atoms with Crippen LogP contribution in [0.4, 0.5) is 0 Å². The topological polar surface area (TPSA) is 87.6 Å². The largest absolute Gasteiger partial charge is 0.379 e. The zero-order valence-electron chi connectivity index (χ0n) is 11.5. The number of carbonyl (C=O) groups is 1. The van der Waals surface area contributed by atoms with Gasteiger partial charge in [-0.2, -0.15) is 0 Å². The monoisotopic (exact) mass is 258 g/mol. The van der Waals surface area contributed by atoms with Crippen molar-refractivity contribution in [3.63, 3.8) is 0 Å². The lowest BCUT2D eigenvalue weighted by molar-refractivity contribution is -0.124. The van der Waals surface area contributed by atoms with Gasteiger partial charge in [0.15, 0.2) is 0 Å². The lowest BCUT2D eigenvalue weighted by Gasteiger charge is -2.28. The molecule has 3 atom stereocenters. The number of rotatable bonds is 8. The van der Waals surface area contributed by atoms with Gasteiger partial charge in [0.25, 0.3) is 0 Å². The molecular weight excluding hydrogens is 232 g/mol. The normalized spacial score (nSPS) is 29.4. The van der Waals surface area contributed by atoms with Gasteiger partial charge in [0.1, 0.15) is 0 Å². The van der Waals surface area contributed by atoms with Crippen LogP contribution in [0.15, 0.2) is 0 Å². The molecule has 5 nitrogen and oxygen atoms in total. The van der Waals surface area contributed by atoms with Crippen LogP contribution in [0.5, 0.6) is 0 Å². The lowest BCUT2D eigenvalue weighted by atomic mass is 9.85. The molecule has 0 saturated heterocycles. The van der Waals surface area contributed by atoms with Gasteiger partial charge in [0.2, 0.25) is 5.91 Å². The average molecular weight is 258 g/mol. The molecule has 3 unspecified atom stereocenters. The maximum absolute atomic E-state index is 11.4. The van der Waals surface area contributed by atoms with E-state index in [0.717, 1.165) is 19.3 Å². The molecule has 0 aromatic rings. The van der Waals surface area contributed by atoms with Crippen molar-refractivity contribution in [1.82, 2.24) is 0 Å². The van der Waals surface area contributed by atoms with E-state index in [0.29, 0.717) is 26.2 Å². The number of carbonyl (C=O) groups excluding carboxylic acids is 1. The van der Waals surface area contributed by atoms with Gasteiger partial charge in [-0.25, -0.2) is 0 Å². The van der Waals surface area contributed by atoms with Gasteiger partial charge in [-0.05, 0) is 39.0 Å². The molecule has 5 heteroatoms. The summed E-state index contributed by atoms with van der Waals surface area (Å²) in [5, 5.41) is 0. The Hall–Kier alpha value is -0.650. The highest BCUT2D eigenvalue weighted by Gasteiger charge is 2.43. The van der Waals surface area contributed by atoms with E-state index in [9.17, 15) is 4.79 Å². The first-order chi connectivity index (χ1) is 8.50. The van der Waals surface area contributed by atoms with Crippen LogP contribution in [0.1, 0.15) is 39.5 Å². The van der Waals surface area contributed by atoms with Gasteiger partial charge in [0, 0.05) is 13.2 Å². The van der Waals surface area contributed by atoms with E-state index in [2.05, 4.69) is 0 Å².